The van der Waals surface area contributed by atoms with Gasteiger partial charge in [0, 0.05) is 23.7 Å². The number of nitrogens with zero attached hydrogens (tertiary/aromatic N) is 4. The van der Waals surface area contributed by atoms with Crippen molar-refractivity contribution in [3.05, 3.63) is 65.6 Å². The molecule has 2 aromatic carbocycles. The van der Waals surface area contributed by atoms with Gasteiger partial charge in [0.15, 0.2) is 4.90 Å². The van der Waals surface area contributed by atoms with Crippen molar-refractivity contribution in [1.82, 2.24) is 19.7 Å². The molecule has 1 saturated carbocycles. The molecule has 4 N–H and O–H groups in total. The molecule has 2 heterocycles. The number of benzene rings is 2. The molecule has 1 atom stereocenters. The number of nitrogens with two attached hydrogens (primary N) is 1. The predicted molar refractivity (Wildman–Crippen MR) is 141 cm³/mol. The third-order valence-corrected chi connectivity index (χ3v) is 7.94. The molecule has 8 nitrogen and oxygen atoms in total. The van der Waals surface area contributed by atoms with Gasteiger partial charge in [0.25, 0.3) is 0 Å². The van der Waals surface area contributed by atoms with Gasteiger partial charge >= 0.3 is 0 Å². The van der Waals surface area contributed by atoms with Crippen molar-refractivity contribution in [1.29, 1.82) is 0 Å². The lowest BCUT2D eigenvalue weighted by molar-refractivity contribution is 0.410. The predicted octanol–water partition coefficient (Wildman–Crippen LogP) is 4.85. The molecule has 182 valence electrons. The van der Waals surface area contributed by atoms with Crippen molar-refractivity contribution in [3.63, 3.8) is 0 Å². The molecule has 35 heavy (non-hydrogen) atoms. The molecule has 5 rings (SSSR count). The number of anilines is 2. The van der Waals surface area contributed by atoms with Crippen molar-refractivity contribution in [3.8, 4) is 5.69 Å². The van der Waals surface area contributed by atoms with Crippen molar-refractivity contribution in [2.45, 2.75) is 56.0 Å². The normalized spacial score (nSPS) is 19.0. The van der Waals surface area contributed by atoms with E-state index in [1.165, 1.54) is 0 Å². The molecular weight excluding hydrogens is 482 g/mol. The van der Waals surface area contributed by atoms with Gasteiger partial charge in [-0.15, -0.1) is 0 Å². The van der Waals surface area contributed by atoms with Crippen molar-refractivity contribution < 1.29 is 4.55 Å². The standard InChI is InChI=1S/C25H28ClN7OS/c1-2-16-11-21(33-15-20(14-29-33)32-35(34)23-6-4-3-5-22(23)26)12-17-13-28-25(31-24(16)17)30-19-9-7-18(27)8-10-19/h3-6,11-15,18-19,32H,2,7-10,27H2,1H3,(H,28,30,31)/t18-,19-,35?. The zero-order valence-corrected chi connectivity index (χ0v) is 21.0. The zero-order valence-electron chi connectivity index (χ0n) is 19.4. The van der Waals surface area contributed by atoms with Gasteiger partial charge < -0.3 is 15.6 Å². The lowest BCUT2D eigenvalue weighted by Crippen LogP contribution is -2.33. The summed E-state index contributed by atoms with van der Waals surface area (Å²) in [6.45, 7) is 2.11. The van der Waals surface area contributed by atoms with Crippen LogP contribution < -0.4 is 15.8 Å². The summed E-state index contributed by atoms with van der Waals surface area (Å²) in [6, 6.07) is 11.8. The maximum absolute atomic E-state index is 12.7. The van der Waals surface area contributed by atoms with Crippen LogP contribution in [0.5, 0.6) is 0 Å². The molecule has 0 saturated heterocycles. The number of hydrogen-bond acceptors (Lipinski definition) is 7. The van der Waals surface area contributed by atoms with E-state index in [9.17, 15) is 4.55 Å². The van der Waals surface area contributed by atoms with E-state index in [1.807, 2.05) is 12.3 Å². The van der Waals surface area contributed by atoms with Crippen LogP contribution in [0.2, 0.25) is 5.02 Å². The van der Waals surface area contributed by atoms with Gasteiger partial charge in [0.2, 0.25) is 5.95 Å². The molecule has 4 aromatic rings. The Morgan fingerprint density at radius 3 is 2.74 bits per heavy atom. The number of nitrogens with one attached hydrogen (secondary N) is 2. The molecule has 1 unspecified atom stereocenters. The second kappa shape index (κ2) is 10.4. The van der Waals surface area contributed by atoms with Gasteiger partial charge in [-0.2, -0.15) is 5.10 Å². The first kappa shape index (κ1) is 23.9. The maximum Gasteiger partial charge on any atom is 0.223 e. The van der Waals surface area contributed by atoms with E-state index in [1.54, 1.807) is 41.3 Å². The lowest BCUT2D eigenvalue weighted by Gasteiger charge is -2.26. The Kier molecular flexibility index (Phi) is 7.10. The third-order valence-electron chi connectivity index (χ3n) is 6.33. The molecule has 10 heteroatoms. The molecule has 0 spiro atoms. The number of aromatic nitrogens is 4. The van der Waals surface area contributed by atoms with Crippen molar-refractivity contribution in [2.75, 3.05) is 10.0 Å². The number of halogens is 1. The quantitative estimate of drug-likeness (QED) is 0.305. The minimum absolute atomic E-state index is 0.310. The number of hydrogen-bond donors (Lipinski definition) is 3. The molecule has 1 aliphatic rings. The third kappa shape index (κ3) is 5.38. The van der Waals surface area contributed by atoms with E-state index in [0.29, 0.717) is 33.6 Å². The molecular formula is C25H28ClN7OS. The first-order valence-electron chi connectivity index (χ1n) is 11.8. The van der Waals surface area contributed by atoms with Crippen LogP contribution in [0, 0.1) is 0 Å². The summed E-state index contributed by atoms with van der Waals surface area (Å²) in [4.78, 5) is 9.93. The SMILES string of the molecule is CCc1cc(-n2cc(N[S+]([O-])c3ccccc3Cl)cn2)cc2cnc(N[C@H]3CC[C@H](N)CC3)nc12. The summed E-state index contributed by atoms with van der Waals surface area (Å²) in [6.07, 6.45) is 10.3. The average molecular weight is 510 g/mol. The summed E-state index contributed by atoms with van der Waals surface area (Å²) >= 11 is 4.68. The van der Waals surface area contributed by atoms with Gasteiger partial charge in [-0.3, -0.25) is 0 Å². The van der Waals surface area contributed by atoms with Crippen LogP contribution in [0.25, 0.3) is 16.6 Å². The monoisotopic (exact) mass is 509 g/mol. The Bertz CT molecular complexity index is 1320. The van der Waals surface area contributed by atoms with Crippen LogP contribution in [0.4, 0.5) is 11.6 Å². The fourth-order valence-electron chi connectivity index (χ4n) is 4.39. The van der Waals surface area contributed by atoms with E-state index in [0.717, 1.165) is 54.3 Å². The Hall–Kier alpha value is -2.85. The first-order valence-corrected chi connectivity index (χ1v) is 13.3. The maximum atomic E-state index is 12.7. The fraction of sp³-hybridized carbons (Fsp3) is 0.320. The topological polar surface area (TPSA) is 117 Å². The second-order valence-electron chi connectivity index (χ2n) is 8.82. The number of rotatable bonds is 7. The number of aryl methyl sites for hydroxylation is 1. The summed E-state index contributed by atoms with van der Waals surface area (Å²) < 4.78 is 17.4. The van der Waals surface area contributed by atoms with Gasteiger partial charge in [-0.25, -0.2) is 19.4 Å². The second-order valence-corrected chi connectivity index (χ2v) is 10.4. The van der Waals surface area contributed by atoms with E-state index >= 15 is 0 Å². The highest BCUT2D eigenvalue weighted by Gasteiger charge is 2.20. The van der Waals surface area contributed by atoms with Gasteiger partial charge in [0.1, 0.15) is 17.0 Å². The molecule has 1 aliphatic carbocycles. The van der Waals surface area contributed by atoms with E-state index < -0.39 is 11.4 Å². The Balaban J connectivity index is 1.36. The van der Waals surface area contributed by atoms with Gasteiger partial charge in [0.05, 0.1) is 28.6 Å². The van der Waals surface area contributed by atoms with Crippen LogP contribution in [-0.2, 0) is 17.8 Å². The summed E-state index contributed by atoms with van der Waals surface area (Å²) in [7, 11) is 0. The molecule has 1 fully saturated rings. The van der Waals surface area contributed by atoms with E-state index in [4.69, 9.17) is 22.3 Å². The first-order chi connectivity index (χ1) is 17.0. The minimum Gasteiger partial charge on any atom is -0.588 e. The van der Waals surface area contributed by atoms with Crippen molar-refractivity contribution in [2.24, 2.45) is 5.73 Å². The number of fused-ring (bicyclic) bond motifs is 1. The smallest absolute Gasteiger partial charge is 0.223 e. The van der Waals surface area contributed by atoms with E-state index in [-0.39, 0.29) is 0 Å². The van der Waals surface area contributed by atoms with Gasteiger partial charge in [-0.1, -0.05) is 30.7 Å². The largest absolute Gasteiger partial charge is 0.588 e. The van der Waals surface area contributed by atoms with Crippen LogP contribution in [0.3, 0.4) is 0 Å². The van der Waals surface area contributed by atoms with Crippen molar-refractivity contribution >= 4 is 45.5 Å². The van der Waals surface area contributed by atoms with Crippen LogP contribution >= 0.6 is 11.6 Å². The molecule has 0 amide bonds. The van der Waals surface area contributed by atoms with Crippen LogP contribution in [0.1, 0.15) is 38.2 Å². The Morgan fingerprint density at radius 1 is 1.17 bits per heavy atom. The Labute approximate surface area is 212 Å². The summed E-state index contributed by atoms with van der Waals surface area (Å²) in [5.41, 5.74) is 9.59. The fourth-order valence-corrected chi connectivity index (χ4v) is 5.62. The van der Waals surface area contributed by atoms with Crippen LogP contribution in [0.15, 0.2) is 59.9 Å². The highest BCUT2D eigenvalue weighted by molar-refractivity contribution is 7.92. The average Bonchev–Trinajstić information content (AvgIpc) is 3.33. The van der Waals surface area contributed by atoms with E-state index in [2.05, 4.69) is 33.1 Å². The molecule has 0 radical (unpaired) electrons. The Morgan fingerprint density at radius 2 is 1.97 bits per heavy atom. The van der Waals surface area contributed by atoms with Crippen LogP contribution in [-0.4, -0.2) is 36.4 Å². The lowest BCUT2D eigenvalue weighted by atomic mass is 9.92. The highest BCUT2D eigenvalue weighted by Crippen LogP contribution is 2.27. The minimum atomic E-state index is -1.49. The highest BCUT2D eigenvalue weighted by atomic mass is 35.5. The molecule has 2 aromatic heterocycles. The zero-order chi connectivity index (χ0) is 24.4. The molecule has 0 bridgehead atoms. The van der Waals surface area contributed by atoms with Gasteiger partial charge in [-0.05, 0) is 61.9 Å². The summed E-state index contributed by atoms with van der Waals surface area (Å²) in [5.74, 6) is 0.660. The molecule has 0 aliphatic heterocycles. The summed E-state index contributed by atoms with van der Waals surface area (Å²) in [5, 5.41) is 9.35.